The normalized spacial score (nSPS) is 15.3. The Labute approximate surface area is 218 Å². The first-order valence-electron chi connectivity index (χ1n) is 13.4. The van der Waals surface area contributed by atoms with E-state index in [1.807, 2.05) is 13.8 Å². The van der Waals surface area contributed by atoms with Crippen LogP contribution in [0.5, 0.6) is 0 Å². The molecule has 2 aromatic carbocycles. The first-order chi connectivity index (χ1) is 18.1. The van der Waals surface area contributed by atoms with Crippen LogP contribution in [0.25, 0.3) is 10.4 Å². The van der Waals surface area contributed by atoms with Gasteiger partial charge in [0.05, 0.1) is 23.4 Å². The highest BCUT2D eigenvalue weighted by Gasteiger charge is 2.25. The van der Waals surface area contributed by atoms with Crippen molar-refractivity contribution in [3.63, 3.8) is 0 Å². The van der Waals surface area contributed by atoms with Gasteiger partial charge in [-0.15, -0.1) is 11.3 Å². The molecule has 0 atom stereocenters. The Kier molecular flexibility index (Phi) is 7.55. The topological polar surface area (TPSA) is 69.6 Å². The van der Waals surface area contributed by atoms with E-state index < -0.39 is 24.2 Å². The maximum atomic E-state index is 14.3. The van der Waals surface area contributed by atoms with Gasteiger partial charge in [0.1, 0.15) is 5.82 Å². The van der Waals surface area contributed by atoms with Gasteiger partial charge in [-0.25, -0.2) is 9.18 Å². The van der Waals surface area contributed by atoms with Crippen LogP contribution in [0.15, 0.2) is 53.9 Å². The van der Waals surface area contributed by atoms with Gasteiger partial charge < -0.3 is 15.3 Å². The number of amides is 1. The number of nitrogens with one attached hydrogen (secondary N) is 1. The maximum Gasteiger partial charge on any atom is 0.337 e. The third kappa shape index (κ3) is 6.13. The molecule has 0 spiro atoms. The summed E-state index contributed by atoms with van der Waals surface area (Å²) in [4.78, 5) is 27.3. The molecule has 36 heavy (non-hydrogen) atoms. The van der Waals surface area contributed by atoms with Gasteiger partial charge in [0.15, 0.2) is 0 Å². The Morgan fingerprint density at radius 3 is 2.61 bits per heavy atom. The summed E-state index contributed by atoms with van der Waals surface area (Å²) in [6.07, 6.45) is 4.60. The van der Waals surface area contributed by atoms with Gasteiger partial charge in [0.25, 0.3) is 0 Å². The number of thiophene rings is 1. The van der Waals surface area contributed by atoms with Crippen LogP contribution in [-0.2, 0) is 11.2 Å². The van der Waals surface area contributed by atoms with E-state index in [0.717, 1.165) is 32.1 Å². The van der Waals surface area contributed by atoms with E-state index in [0.29, 0.717) is 21.8 Å². The van der Waals surface area contributed by atoms with Crippen LogP contribution < -0.4 is 10.2 Å². The SMILES string of the molecule is [2H]C([2H])(C(C)C)N(c1ccc(-c2sccc2C(=O)O)cc1NC(=O)Cc1ccccc1F)C1CCCCC1. The van der Waals surface area contributed by atoms with Crippen LogP contribution in [0.4, 0.5) is 15.8 Å². The number of benzene rings is 2. The molecular weight excluding hydrogens is 475 g/mol. The van der Waals surface area contributed by atoms with Gasteiger partial charge in [-0.3, -0.25) is 4.79 Å². The van der Waals surface area contributed by atoms with E-state index in [-0.39, 0.29) is 29.5 Å². The second-order valence-corrected chi connectivity index (χ2v) is 10.4. The lowest BCUT2D eigenvalue weighted by Gasteiger charge is -2.38. The van der Waals surface area contributed by atoms with Crippen molar-refractivity contribution in [1.82, 2.24) is 0 Å². The van der Waals surface area contributed by atoms with E-state index in [9.17, 15) is 19.1 Å². The minimum atomic E-state index is -1.70. The van der Waals surface area contributed by atoms with Gasteiger partial charge in [0, 0.05) is 20.2 Å². The molecule has 1 fully saturated rings. The van der Waals surface area contributed by atoms with Crippen molar-refractivity contribution in [1.29, 1.82) is 0 Å². The number of nitrogens with zero attached hydrogens (tertiary/aromatic N) is 1. The van der Waals surface area contributed by atoms with Gasteiger partial charge >= 0.3 is 5.97 Å². The molecule has 1 heterocycles. The van der Waals surface area contributed by atoms with Crippen molar-refractivity contribution in [3.05, 3.63) is 70.9 Å². The molecule has 5 nitrogen and oxygen atoms in total. The van der Waals surface area contributed by atoms with Crippen LogP contribution in [-0.4, -0.2) is 29.5 Å². The van der Waals surface area contributed by atoms with E-state index in [4.69, 9.17) is 2.74 Å². The molecule has 0 aliphatic heterocycles. The minimum Gasteiger partial charge on any atom is -0.478 e. The van der Waals surface area contributed by atoms with Gasteiger partial charge in [-0.1, -0.05) is 57.4 Å². The summed E-state index contributed by atoms with van der Waals surface area (Å²) >= 11 is 1.29. The number of rotatable bonds is 9. The number of carbonyl (C=O) groups excluding carboxylic acids is 1. The second-order valence-electron chi connectivity index (χ2n) is 9.46. The molecule has 0 radical (unpaired) electrons. The molecule has 0 saturated heterocycles. The zero-order valence-electron chi connectivity index (χ0n) is 22.6. The summed E-state index contributed by atoms with van der Waals surface area (Å²) in [6.45, 7) is 1.97. The number of carboxylic acids is 1. The molecule has 3 aromatic rings. The predicted octanol–water partition coefficient (Wildman–Crippen LogP) is 7.23. The molecule has 0 unspecified atom stereocenters. The fraction of sp³-hybridized carbons (Fsp3) is 0.379. The van der Waals surface area contributed by atoms with E-state index in [1.54, 1.807) is 52.7 Å². The zero-order valence-corrected chi connectivity index (χ0v) is 21.4. The van der Waals surface area contributed by atoms with Crippen molar-refractivity contribution in [2.45, 2.75) is 58.4 Å². The van der Waals surface area contributed by atoms with Crippen LogP contribution in [0, 0.1) is 11.7 Å². The number of anilines is 2. The number of carboxylic acid groups (broad SMARTS) is 1. The Bertz CT molecular complexity index is 1300. The standard InChI is InChI=1S/C29H33FN2O3S/c1-19(2)18-32(22-9-4-3-5-10-22)26-13-12-21(28-23(29(34)35)14-15-36-28)16-25(26)31-27(33)17-20-8-6-7-11-24(20)30/h6-8,11-16,19,22H,3-5,9-10,17-18H2,1-2H3,(H,31,33)(H,34,35)/i18D2. The number of hydrogen-bond donors (Lipinski definition) is 2. The van der Waals surface area contributed by atoms with Crippen molar-refractivity contribution >= 4 is 34.6 Å². The second kappa shape index (κ2) is 11.7. The molecule has 1 saturated carbocycles. The summed E-state index contributed by atoms with van der Waals surface area (Å²) in [7, 11) is 0. The fourth-order valence-electron chi connectivity index (χ4n) is 4.69. The van der Waals surface area contributed by atoms with Gasteiger partial charge in [-0.05, 0) is 59.5 Å². The van der Waals surface area contributed by atoms with E-state index >= 15 is 0 Å². The number of carbonyl (C=O) groups is 2. The predicted molar refractivity (Wildman–Crippen MR) is 145 cm³/mol. The van der Waals surface area contributed by atoms with Crippen molar-refractivity contribution in [3.8, 4) is 10.4 Å². The lowest BCUT2D eigenvalue weighted by Crippen LogP contribution is -2.40. The van der Waals surface area contributed by atoms with Gasteiger partial charge in [0.2, 0.25) is 5.91 Å². The molecule has 1 aromatic heterocycles. The van der Waals surface area contributed by atoms with Crippen LogP contribution in [0.2, 0.25) is 0 Å². The lowest BCUT2D eigenvalue weighted by atomic mass is 9.92. The Hall–Kier alpha value is -3.19. The van der Waals surface area contributed by atoms with Crippen molar-refractivity contribution in [2.24, 2.45) is 5.92 Å². The summed E-state index contributed by atoms with van der Waals surface area (Å²) in [5.74, 6) is -2.29. The Morgan fingerprint density at radius 2 is 1.92 bits per heavy atom. The molecule has 7 heteroatoms. The zero-order chi connectivity index (χ0) is 27.4. The van der Waals surface area contributed by atoms with Crippen LogP contribution >= 0.6 is 11.3 Å². The highest BCUT2D eigenvalue weighted by atomic mass is 32.1. The molecule has 1 amide bonds. The largest absolute Gasteiger partial charge is 0.478 e. The average molecular weight is 511 g/mol. The van der Waals surface area contributed by atoms with E-state index in [1.165, 1.54) is 17.4 Å². The Morgan fingerprint density at radius 1 is 1.17 bits per heavy atom. The maximum absolute atomic E-state index is 14.3. The molecule has 190 valence electrons. The average Bonchev–Trinajstić information content (AvgIpc) is 3.37. The molecule has 4 rings (SSSR count). The van der Waals surface area contributed by atoms with Crippen LogP contribution in [0.1, 0.15) is 64.6 Å². The summed E-state index contributed by atoms with van der Waals surface area (Å²) < 4.78 is 32.3. The lowest BCUT2D eigenvalue weighted by molar-refractivity contribution is -0.115. The monoisotopic (exact) mass is 510 g/mol. The van der Waals surface area contributed by atoms with Crippen LogP contribution in [0.3, 0.4) is 0 Å². The number of halogens is 1. The molecule has 1 aliphatic carbocycles. The van der Waals surface area contributed by atoms with E-state index in [2.05, 4.69) is 5.32 Å². The first kappa shape index (κ1) is 23.2. The van der Waals surface area contributed by atoms with Crippen molar-refractivity contribution in [2.75, 3.05) is 16.7 Å². The quantitative estimate of drug-likeness (QED) is 0.319. The highest BCUT2D eigenvalue weighted by molar-refractivity contribution is 7.14. The minimum absolute atomic E-state index is 0.0504. The van der Waals surface area contributed by atoms with Gasteiger partial charge in [-0.2, -0.15) is 0 Å². The number of aromatic carboxylic acids is 1. The molecular formula is C29H33FN2O3S. The fourth-order valence-corrected chi connectivity index (χ4v) is 5.57. The third-order valence-corrected chi connectivity index (χ3v) is 7.30. The molecule has 0 bridgehead atoms. The third-order valence-electron chi connectivity index (χ3n) is 6.33. The molecule has 1 aliphatic rings. The first-order valence-corrected chi connectivity index (χ1v) is 13.3. The summed E-state index contributed by atoms with van der Waals surface area (Å²) in [5, 5.41) is 14.3. The summed E-state index contributed by atoms with van der Waals surface area (Å²) in [6, 6.07) is 12.9. The number of hydrogen-bond acceptors (Lipinski definition) is 4. The molecule has 2 N–H and O–H groups in total. The van der Waals surface area contributed by atoms with Crippen molar-refractivity contribution < 1.29 is 21.8 Å². The Balaban J connectivity index is 1.81. The summed E-state index contributed by atoms with van der Waals surface area (Å²) in [5.41, 5.74) is 1.94. The smallest absolute Gasteiger partial charge is 0.337 e. The highest BCUT2D eigenvalue weighted by Crippen LogP contribution is 2.38.